The minimum Gasteiger partial charge on any atom is -0.396 e. The van der Waals surface area contributed by atoms with Crippen LogP contribution in [0.25, 0.3) is 0 Å². The van der Waals surface area contributed by atoms with Crippen LogP contribution in [-0.2, 0) is 0 Å². The molecule has 2 atom stereocenters. The third-order valence-electron chi connectivity index (χ3n) is 4.29. The van der Waals surface area contributed by atoms with Gasteiger partial charge in [-0.25, -0.2) is 0 Å². The lowest BCUT2D eigenvalue weighted by atomic mass is 9.73. The summed E-state index contributed by atoms with van der Waals surface area (Å²) in [4.78, 5) is 0. The molecule has 1 fully saturated rings. The monoisotopic (exact) mass is 228 g/mol. The maximum atomic E-state index is 9.61. The largest absolute Gasteiger partial charge is 0.396 e. The lowest BCUT2D eigenvalue weighted by Gasteiger charge is -2.34. The summed E-state index contributed by atoms with van der Waals surface area (Å²) < 4.78 is 0. The summed E-state index contributed by atoms with van der Waals surface area (Å²) in [6.45, 7) is 4.20. The van der Waals surface area contributed by atoms with Crippen LogP contribution in [-0.4, -0.2) is 22.9 Å². The first-order valence-corrected chi connectivity index (χ1v) is 6.98. The normalized spacial score (nSPS) is 30.0. The van der Waals surface area contributed by atoms with Crippen molar-refractivity contribution in [2.24, 2.45) is 17.8 Å². The van der Waals surface area contributed by atoms with E-state index in [2.05, 4.69) is 6.92 Å². The Morgan fingerprint density at radius 1 is 1.19 bits per heavy atom. The molecule has 0 saturated heterocycles. The molecule has 16 heavy (non-hydrogen) atoms. The maximum Gasteiger partial charge on any atom is 0.0564 e. The first-order chi connectivity index (χ1) is 7.69. The van der Waals surface area contributed by atoms with Crippen molar-refractivity contribution < 1.29 is 10.2 Å². The third-order valence-corrected chi connectivity index (χ3v) is 4.29. The molecule has 0 amide bonds. The molecule has 96 valence electrons. The number of rotatable bonds is 6. The highest BCUT2D eigenvalue weighted by molar-refractivity contribution is 4.80. The van der Waals surface area contributed by atoms with Gasteiger partial charge in [0.1, 0.15) is 0 Å². The molecule has 0 aromatic carbocycles. The van der Waals surface area contributed by atoms with Gasteiger partial charge in [0.2, 0.25) is 0 Å². The summed E-state index contributed by atoms with van der Waals surface area (Å²) in [5, 5.41) is 18.9. The van der Waals surface area contributed by atoms with Crippen molar-refractivity contribution >= 4 is 0 Å². The van der Waals surface area contributed by atoms with Crippen molar-refractivity contribution in [1.29, 1.82) is 0 Å². The molecule has 0 aromatic rings. The van der Waals surface area contributed by atoms with Crippen molar-refractivity contribution in [2.45, 2.75) is 64.9 Å². The van der Waals surface area contributed by atoms with E-state index in [9.17, 15) is 10.2 Å². The topological polar surface area (TPSA) is 40.5 Å². The summed E-state index contributed by atoms with van der Waals surface area (Å²) in [7, 11) is 0. The van der Waals surface area contributed by atoms with Gasteiger partial charge in [-0.1, -0.05) is 39.0 Å². The Morgan fingerprint density at radius 3 is 2.25 bits per heavy atom. The Kier molecular flexibility index (Phi) is 6.37. The van der Waals surface area contributed by atoms with Gasteiger partial charge in [0, 0.05) is 12.5 Å². The second-order valence-electron chi connectivity index (χ2n) is 5.51. The number of aliphatic hydroxyl groups is 2. The average Bonchev–Trinajstić information content (AvgIpc) is 2.28. The van der Waals surface area contributed by atoms with Crippen LogP contribution in [0, 0.1) is 17.8 Å². The Balaban J connectivity index is 2.30. The van der Waals surface area contributed by atoms with Crippen molar-refractivity contribution in [2.75, 3.05) is 6.61 Å². The van der Waals surface area contributed by atoms with E-state index in [0.717, 1.165) is 5.92 Å². The zero-order chi connectivity index (χ0) is 12.0. The van der Waals surface area contributed by atoms with E-state index < -0.39 is 0 Å². The highest BCUT2D eigenvalue weighted by Crippen LogP contribution is 2.36. The summed E-state index contributed by atoms with van der Waals surface area (Å²) in [5.74, 6) is 1.56. The highest BCUT2D eigenvalue weighted by atomic mass is 16.3. The van der Waals surface area contributed by atoms with Gasteiger partial charge in [0.25, 0.3) is 0 Å². The maximum absolute atomic E-state index is 9.61. The van der Waals surface area contributed by atoms with Crippen molar-refractivity contribution in [3.05, 3.63) is 0 Å². The fourth-order valence-corrected chi connectivity index (χ4v) is 3.09. The molecule has 0 bridgehead atoms. The molecular weight excluding hydrogens is 200 g/mol. The van der Waals surface area contributed by atoms with Crippen LogP contribution in [0.1, 0.15) is 58.8 Å². The van der Waals surface area contributed by atoms with Crippen LogP contribution in [0.4, 0.5) is 0 Å². The Hall–Kier alpha value is -0.0800. The molecule has 2 N–H and O–H groups in total. The molecule has 0 aliphatic heterocycles. The molecule has 1 aliphatic rings. The first-order valence-electron chi connectivity index (χ1n) is 6.98. The molecule has 0 spiro atoms. The fourth-order valence-electron chi connectivity index (χ4n) is 3.09. The average molecular weight is 228 g/mol. The second-order valence-corrected chi connectivity index (χ2v) is 5.51. The molecule has 0 radical (unpaired) electrons. The lowest BCUT2D eigenvalue weighted by molar-refractivity contribution is 0.0261. The van der Waals surface area contributed by atoms with Gasteiger partial charge in [-0.15, -0.1) is 0 Å². The van der Waals surface area contributed by atoms with Crippen LogP contribution in [0.15, 0.2) is 0 Å². The van der Waals surface area contributed by atoms with Gasteiger partial charge in [-0.2, -0.15) is 0 Å². The van der Waals surface area contributed by atoms with E-state index in [1.165, 1.54) is 44.9 Å². The molecule has 2 heteroatoms. The van der Waals surface area contributed by atoms with Crippen LogP contribution in [0.5, 0.6) is 0 Å². The SMILES string of the molecule is CCCCC1CCC(C(CO)C(C)O)CC1. The molecule has 1 aliphatic carbocycles. The van der Waals surface area contributed by atoms with Crippen molar-refractivity contribution in [3.8, 4) is 0 Å². The molecule has 0 heterocycles. The third kappa shape index (κ3) is 4.06. The highest BCUT2D eigenvalue weighted by Gasteiger charge is 2.29. The Bertz CT molecular complexity index is 172. The molecule has 1 rings (SSSR count). The minimum atomic E-state index is -0.359. The Labute approximate surface area is 100 Å². The van der Waals surface area contributed by atoms with Gasteiger partial charge in [0.15, 0.2) is 0 Å². The number of hydrogen-bond acceptors (Lipinski definition) is 2. The van der Waals surface area contributed by atoms with Gasteiger partial charge < -0.3 is 10.2 Å². The Morgan fingerprint density at radius 2 is 1.81 bits per heavy atom. The number of unbranched alkanes of at least 4 members (excludes halogenated alkanes) is 1. The summed E-state index contributed by atoms with van der Waals surface area (Å²) in [5.41, 5.74) is 0. The predicted octanol–water partition coefficient (Wildman–Crippen LogP) is 2.97. The summed E-state index contributed by atoms with van der Waals surface area (Å²) >= 11 is 0. The van der Waals surface area contributed by atoms with E-state index in [0.29, 0.717) is 5.92 Å². The van der Waals surface area contributed by atoms with E-state index in [1.807, 2.05) is 6.92 Å². The van der Waals surface area contributed by atoms with E-state index >= 15 is 0 Å². The van der Waals surface area contributed by atoms with E-state index in [4.69, 9.17) is 0 Å². The van der Waals surface area contributed by atoms with Gasteiger partial charge in [-0.05, 0) is 31.6 Å². The second kappa shape index (κ2) is 7.29. The van der Waals surface area contributed by atoms with Gasteiger partial charge in [0.05, 0.1) is 6.10 Å². The van der Waals surface area contributed by atoms with Crippen LogP contribution >= 0.6 is 0 Å². The van der Waals surface area contributed by atoms with Gasteiger partial charge in [-0.3, -0.25) is 0 Å². The van der Waals surface area contributed by atoms with Crippen LogP contribution in [0.3, 0.4) is 0 Å². The van der Waals surface area contributed by atoms with Crippen molar-refractivity contribution in [1.82, 2.24) is 0 Å². The smallest absolute Gasteiger partial charge is 0.0564 e. The number of hydrogen-bond donors (Lipinski definition) is 2. The van der Waals surface area contributed by atoms with E-state index in [-0.39, 0.29) is 18.6 Å². The lowest BCUT2D eigenvalue weighted by Crippen LogP contribution is -2.31. The predicted molar refractivity (Wildman–Crippen MR) is 67.2 cm³/mol. The molecule has 2 nitrogen and oxygen atoms in total. The first kappa shape index (κ1) is 14.0. The molecule has 1 saturated carbocycles. The molecule has 2 unspecified atom stereocenters. The van der Waals surface area contributed by atoms with Crippen LogP contribution in [0.2, 0.25) is 0 Å². The fraction of sp³-hybridized carbons (Fsp3) is 1.00. The quantitative estimate of drug-likeness (QED) is 0.734. The van der Waals surface area contributed by atoms with Gasteiger partial charge >= 0.3 is 0 Å². The zero-order valence-electron chi connectivity index (χ0n) is 10.9. The van der Waals surface area contributed by atoms with E-state index in [1.54, 1.807) is 0 Å². The summed E-state index contributed by atoms with van der Waals surface area (Å²) in [6.07, 6.45) is 8.67. The molecular formula is C14H28O2. The number of aliphatic hydroxyl groups excluding tert-OH is 2. The summed E-state index contributed by atoms with van der Waals surface area (Å²) in [6, 6.07) is 0. The minimum absolute atomic E-state index is 0.104. The zero-order valence-corrected chi connectivity index (χ0v) is 10.9. The standard InChI is InChI=1S/C14H28O2/c1-3-4-5-12-6-8-13(9-7-12)14(10-15)11(2)16/h11-16H,3-10H2,1-2H3. The van der Waals surface area contributed by atoms with Crippen LogP contribution < -0.4 is 0 Å². The molecule has 0 aromatic heterocycles. The van der Waals surface area contributed by atoms with Crippen molar-refractivity contribution in [3.63, 3.8) is 0 Å².